The van der Waals surface area contributed by atoms with Crippen molar-refractivity contribution in [3.05, 3.63) is 59.9 Å². The first-order chi connectivity index (χ1) is 9.38. The summed E-state index contributed by atoms with van der Waals surface area (Å²) in [4.78, 5) is 0.0289. The molecule has 4 nitrogen and oxygen atoms in total. The van der Waals surface area contributed by atoms with Gasteiger partial charge in [-0.1, -0.05) is 12.1 Å². The molecule has 2 rings (SSSR count). The third-order valence-corrected chi connectivity index (χ3v) is 4.45. The van der Waals surface area contributed by atoms with Gasteiger partial charge in [0, 0.05) is 11.7 Å². The zero-order chi connectivity index (χ0) is 14.8. The predicted molar refractivity (Wildman–Crippen MR) is 76.0 cm³/mol. The Hall–Kier alpha value is -1.92. The van der Waals surface area contributed by atoms with E-state index in [0.717, 1.165) is 17.7 Å². The lowest BCUT2D eigenvalue weighted by Gasteiger charge is -2.15. The average molecular weight is 294 g/mol. The molecule has 0 aliphatic carbocycles. The van der Waals surface area contributed by atoms with Gasteiger partial charge in [-0.2, -0.15) is 0 Å². The van der Waals surface area contributed by atoms with Crippen molar-refractivity contribution < 1.29 is 12.8 Å². The SMILES string of the molecule is CC(NS(=O)(=O)c1ccc(F)cc1)c1ccc(N)cc1. The predicted octanol–water partition coefficient (Wildman–Crippen LogP) is 2.45. The highest BCUT2D eigenvalue weighted by molar-refractivity contribution is 7.89. The van der Waals surface area contributed by atoms with Gasteiger partial charge >= 0.3 is 0 Å². The van der Waals surface area contributed by atoms with Gasteiger partial charge in [0.25, 0.3) is 0 Å². The van der Waals surface area contributed by atoms with Crippen LogP contribution in [0.25, 0.3) is 0 Å². The first-order valence-corrected chi connectivity index (χ1v) is 7.50. The van der Waals surface area contributed by atoms with Crippen molar-refractivity contribution in [2.24, 2.45) is 0 Å². The summed E-state index contributed by atoms with van der Waals surface area (Å²) in [5.74, 6) is -0.476. The molecule has 3 N–H and O–H groups in total. The zero-order valence-corrected chi connectivity index (χ0v) is 11.7. The molecule has 6 heteroatoms. The Kier molecular flexibility index (Phi) is 4.06. The number of hydrogen-bond acceptors (Lipinski definition) is 3. The summed E-state index contributed by atoms with van der Waals surface area (Å²) >= 11 is 0. The van der Waals surface area contributed by atoms with E-state index in [4.69, 9.17) is 5.73 Å². The van der Waals surface area contributed by atoms with E-state index in [0.29, 0.717) is 5.69 Å². The molecule has 0 bridgehead atoms. The summed E-state index contributed by atoms with van der Waals surface area (Å²) in [6.45, 7) is 1.73. The Morgan fingerprint density at radius 2 is 1.60 bits per heavy atom. The number of halogens is 1. The quantitative estimate of drug-likeness (QED) is 0.851. The number of hydrogen-bond donors (Lipinski definition) is 2. The minimum Gasteiger partial charge on any atom is -0.399 e. The minimum atomic E-state index is -3.68. The van der Waals surface area contributed by atoms with Gasteiger partial charge in [0.1, 0.15) is 5.82 Å². The molecule has 2 aromatic rings. The highest BCUT2D eigenvalue weighted by Gasteiger charge is 2.18. The molecule has 0 heterocycles. The minimum absolute atomic E-state index is 0.0289. The van der Waals surface area contributed by atoms with Crippen LogP contribution in [0.2, 0.25) is 0 Å². The summed E-state index contributed by atoms with van der Waals surface area (Å²) in [6.07, 6.45) is 0. The molecule has 20 heavy (non-hydrogen) atoms. The number of sulfonamides is 1. The number of nitrogen functional groups attached to an aromatic ring is 1. The van der Waals surface area contributed by atoms with Gasteiger partial charge in [-0.25, -0.2) is 17.5 Å². The van der Waals surface area contributed by atoms with Gasteiger partial charge in [-0.3, -0.25) is 0 Å². The topological polar surface area (TPSA) is 72.2 Å². The van der Waals surface area contributed by atoms with Crippen LogP contribution in [0.3, 0.4) is 0 Å². The van der Waals surface area contributed by atoms with Crippen molar-refractivity contribution in [3.63, 3.8) is 0 Å². The molecular formula is C14H15FN2O2S. The van der Waals surface area contributed by atoms with E-state index in [2.05, 4.69) is 4.72 Å². The van der Waals surface area contributed by atoms with Gasteiger partial charge < -0.3 is 5.73 Å². The molecule has 0 amide bonds. The Morgan fingerprint density at radius 1 is 1.05 bits per heavy atom. The molecular weight excluding hydrogens is 279 g/mol. The standard InChI is InChI=1S/C14H15FN2O2S/c1-10(11-2-6-13(16)7-3-11)17-20(18,19)14-8-4-12(15)5-9-14/h2-10,17H,16H2,1H3. The van der Waals surface area contributed by atoms with Gasteiger partial charge in [0.05, 0.1) is 4.90 Å². The fraction of sp³-hybridized carbons (Fsp3) is 0.143. The largest absolute Gasteiger partial charge is 0.399 e. The first kappa shape index (κ1) is 14.5. The second-order valence-corrected chi connectivity index (χ2v) is 6.18. The Morgan fingerprint density at radius 3 is 2.15 bits per heavy atom. The molecule has 0 aromatic heterocycles. The lowest BCUT2D eigenvalue weighted by atomic mass is 10.1. The molecule has 0 saturated heterocycles. The van der Waals surface area contributed by atoms with Crippen molar-refractivity contribution >= 4 is 15.7 Å². The molecule has 0 aliphatic rings. The monoisotopic (exact) mass is 294 g/mol. The second kappa shape index (κ2) is 5.60. The van der Waals surface area contributed by atoms with E-state index in [1.165, 1.54) is 12.1 Å². The lowest BCUT2D eigenvalue weighted by molar-refractivity contribution is 0.566. The summed E-state index contributed by atoms with van der Waals surface area (Å²) in [5.41, 5.74) is 6.99. The van der Waals surface area contributed by atoms with Gasteiger partial charge in [-0.05, 0) is 48.9 Å². The number of anilines is 1. The second-order valence-electron chi connectivity index (χ2n) is 4.46. The maximum absolute atomic E-state index is 12.8. The Bertz CT molecular complexity index is 682. The first-order valence-electron chi connectivity index (χ1n) is 6.02. The number of rotatable bonds is 4. The maximum Gasteiger partial charge on any atom is 0.241 e. The third kappa shape index (κ3) is 3.34. The van der Waals surface area contributed by atoms with E-state index in [-0.39, 0.29) is 4.90 Å². The van der Waals surface area contributed by atoms with Crippen molar-refractivity contribution in [2.45, 2.75) is 17.9 Å². The fourth-order valence-electron chi connectivity index (χ4n) is 1.77. The maximum atomic E-state index is 12.8. The molecule has 106 valence electrons. The lowest BCUT2D eigenvalue weighted by Crippen LogP contribution is -2.26. The van der Waals surface area contributed by atoms with E-state index >= 15 is 0 Å². The van der Waals surface area contributed by atoms with Crippen LogP contribution >= 0.6 is 0 Å². The van der Waals surface area contributed by atoms with E-state index in [1.54, 1.807) is 31.2 Å². The van der Waals surface area contributed by atoms with Gasteiger partial charge in [0.15, 0.2) is 0 Å². The average Bonchev–Trinajstić information content (AvgIpc) is 2.39. The van der Waals surface area contributed by atoms with E-state index < -0.39 is 21.9 Å². The normalized spacial score (nSPS) is 13.1. The molecule has 1 atom stereocenters. The van der Waals surface area contributed by atoms with Crippen LogP contribution in [0.1, 0.15) is 18.5 Å². The molecule has 0 saturated carbocycles. The highest BCUT2D eigenvalue weighted by Crippen LogP contribution is 2.18. The Labute approximate surface area is 117 Å². The molecule has 0 spiro atoms. The smallest absolute Gasteiger partial charge is 0.241 e. The van der Waals surface area contributed by atoms with Crippen LogP contribution < -0.4 is 10.5 Å². The van der Waals surface area contributed by atoms with Crippen LogP contribution in [0.5, 0.6) is 0 Å². The van der Waals surface area contributed by atoms with Crippen LogP contribution in [-0.4, -0.2) is 8.42 Å². The molecule has 0 radical (unpaired) electrons. The number of nitrogens with one attached hydrogen (secondary N) is 1. The van der Waals surface area contributed by atoms with Crippen LogP contribution in [-0.2, 0) is 10.0 Å². The van der Waals surface area contributed by atoms with Crippen LogP contribution in [0, 0.1) is 5.82 Å². The highest BCUT2D eigenvalue weighted by atomic mass is 32.2. The molecule has 1 unspecified atom stereocenters. The van der Waals surface area contributed by atoms with Gasteiger partial charge in [0.2, 0.25) is 10.0 Å². The van der Waals surface area contributed by atoms with Crippen molar-refractivity contribution in [2.75, 3.05) is 5.73 Å². The summed E-state index contributed by atoms with van der Waals surface area (Å²) < 4.78 is 39.6. The number of benzene rings is 2. The summed E-state index contributed by atoms with van der Waals surface area (Å²) in [7, 11) is -3.68. The van der Waals surface area contributed by atoms with Crippen LogP contribution in [0.4, 0.5) is 10.1 Å². The van der Waals surface area contributed by atoms with E-state index in [1.807, 2.05) is 0 Å². The Balaban J connectivity index is 2.19. The number of nitrogens with two attached hydrogens (primary N) is 1. The molecule has 0 aliphatic heterocycles. The van der Waals surface area contributed by atoms with Gasteiger partial charge in [-0.15, -0.1) is 0 Å². The van der Waals surface area contributed by atoms with Crippen molar-refractivity contribution in [1.29, 1.82) is 0 Å². The van der Waals surface area contributed by atoms with Crippen molar-refractivity contribution in [1.82, 2.24) is 4.72 Å². The summed E-state index contributed by atoms with van der Waals surface area (Å²) in [5, 5.41) is 0. The zero-order valence-electron chi connectivity index (χ0n) is 10.9. The summed E-state index contributed by atoms with van der Waals surface area (Å²) in [6, 6.07) is 11.2. The molecule has 0 fully saturated rings. The van der Waals surface area contributed by atoms with E-state index in [9.17, 15) is 12.8 Å². The van der Waals surface area contributed by atoms with Crippen LogP contribution in [0.15, 0.2) is 53.4 Å². The molecule has 2 aromatic carbocycles. The fourth-order valence-corrected chi connectivity index (χ4v) is 3.00. The third-order valence-electron chi connectivity index (χ3n) is 2.89. The van der Waals surface area contributed by atoms with Crippen molar-refractivity contribution in [3.8, 4) is 0 Å².